The second-order valence-corrected chi connectivity index (χ2v) is 10.5. The molecule has 9 heteroatoms. The van der Waals surface area contributed by atoms with Crippen LogP contribution in [0, 0.1) is 0 Å². The first kappa shape index (κ1) is 21.9. The van der Waals surface area contributed by atoms with Crippen molar-refractivity contribution < 1.29 is 9.47 Å². The van der Waals surface area contributed by atoms with Crippen molar-refractivity contribution in [2.24, 2.45) is 0 Å². The van der Waals surface area contributed by atoms with E-state index in [0.717, 1.165) is 35.5 Å². The van der Waals surface area contributed by atoms with E-state index in [9.17, 15) is 9.59 Å². The molecule has 0 bridgehead atoms. The summed E-state index contributed by atoms with van der Waals surface area (Å²) < 4.78 is 15.1. The zero-order valence-electron chi connectivity index (χ0n) is 18.2. The molecule has 170 valence electrons. The maximum absolute atomic E-state index is 13.7. The summed E-state index contributed by atoms with van der Waals surface area (Å²) in [7, 11) is 0. The van der Waals surface area contributed by atoms with E-state index in [1.165, 1.54) is 15.9 Å². The monoisotopic (exact) mass is 475 g/mol. The molecule has 0 saturated carbocycles. The van der Waals surface area contributed by atoms with Gasteiger partial charge in [0.15, 0.2) is 0 Å². The molecule has 2 aliphatic rings. The maximum atomic E-state index is 13.7. The van der Waals surface area contributed by atoms with Crippen LogP contribution >= 0.6 is 22.9 Å². The fourth-order valence-electron chi connectivity index (χ4n) is 4.45. The summed E-state index contributed by atoms with van der Waals surface area (Å²) in [6, 6.07) is 6.88. The molecule has 1 aromatic carbocycles. The van der Waals surface area contributed by atoms with Crippen LogP contribution in [-0.2, 0) is 29.0 Å². The highest BCUT2D eigenvalue weighted by molar-refractivity contribution is 7.19. The second-order valence-electron chi connectivity index (χ2n) is 8.92. The Balaban J connectivity index is 1.70. The maximum Gasteiger partial charge on any atom is 0.336 e. The van der Waals surface area contributed by atoms with Gasteiger partial charge in [-0.1, -0.05) is 17.7 Å². The molecular formula is C23H26ClN3O4S. The molecule has 0 N–H and O–H groups in total. The molecule has 1 saturated heterocycles. The molecule has 5 rings (SSSR count). The lowest BCUT2D eigenvalue weighted by Crippen LogP contribution is -2.43. The quantitative estimate of drug-likeness (QED) is 0.580. The lowest BCUT2D eigenvalue weighted by Gasteiger charge is -2.30. The lowest BCUT2D eigenvalue weighted by molar-refractivity contribution is -0.0384. The van der Waals surface area contributed by atoms with Gasteiger partial charge in [-0.05, 0) is 32.0 Å². The average molecular weight is 476 g/mol. The van der Waals surface area contributed by atoms with Gasteiger partial charge in [0, 0.05) is 48.1 Å². The average Bonchev–Trinajstić information content (AvgIpc) is 3.12. The van der Waals surface area contributed by atoms with Gasteiger partial charge in [0.05, 0.1) is 36.6 Å². The standard InChI is InChI=1S/C23H26ClN3O4S/c1-23(2)13-18-17(14-31-23)19-20(32-18)21(28)27(16-5-3-4-15(24)12-16)22(29)26(19)7-6-25-8-10-30-11-9-25/h3-5,12H,6-11,13-14H2,1-2H3. The number of nitrogens with zero attached hydrogens (tertiary/aromatic N) is 3. The van der Waals surface area contributed by atoms with Crippen molar-refractivity contribution in [1.82, 2.24) is 14.0 Å². The molecule has 2 aliphatic heterocycles. The number of hydrogen-bond donors (Lipinski definition) is 0. The van der Waals surface area contributed by atoms with Gasteiger partial charge in [-0.15, -0.1) is 11.3 Å². The SMILES string of the molecule is CC1(C)Cc2sc3c(=O)n(-c4cccc(Cl)c4)c(=O)n(CCN4CCOCC4)c3c2CO1. The van der Waals surface area contributed by atoms with E-state index >= 15 is 0 Å². The number of halogens is 1. The molecular weight excluding hydrogens is 450 g/mol. The first-order valence-corrected chi connectivity index (χ1v) is 12.0. The van der Waals surface area contributed by atoms with Crippen LogP contribution in [0.15, 0.2) is 33.9 Å². The summed E-state index contributed by atoms with van der Waals surface area (Å²) in [6.45, 7) is 8.78. The number of rotatable bonds is 4. The number of morpholine rings is 1. The molecule has 4 heterocycles. The van der Waals surface area contributed by atoms with Crippen molar-refractivity contribution >= 4 is 33.2 Å². The number of ether oxygens (including phenoxy) is 2. The van der Waals surface area contributed by atoms with Crippen LogP contribution in [0.3, 0.4) is 0 Å². The van der Waals surface area contributed by atoms with Crippen LogP contribution in [0.25, 0.3) is 15.9 Å². The molecule has 32 heavy (non-hydrogen) atoms. The van der Waals surface area contributed by atoms with Gasteiger partial charge in [0.25, 0.3) is 5.56 Å². The Hall–Kier alpha value is -1.97. The van der Waals surface area contributed by atoms with Crippen molar-refractivity contribution in [3.05, 3.63) is 60.6 Å². The molecule has 0 atom stereocenters. The van der Waals surface area contributed by atoms with Gasteiger partial charge in [-0.3, -0.25) is 14.3 Å². The Kier molecular flexibility index (Phi) is 5.75. The molecule has 0 unspecified atom stereocenters. The molecule has 0 spiro atoms. The van der Waals surface area contributed by atoms with E-state index in [-0.39, 0.29) is 16.9 Å². The first-order chi connectivity index (χ1) is 15.3. The Morgan fingerprint density at radius 1 is 1.16 bits per heavy atom. The van der Waals surface area contributed by atoms with E-state index in [2.05, 4.69) is 18.7 Å². The predicted molar refractivity (Wildman–Crippen MR) is 127 cm³/mol. The third-order valence-electron chi connectivity index (χ3n) is 6.16. The third-order valence-corrected chi connectivity index (χ3v) is 7.60. The Morgan fingerprint density at radius 2 is 1.94 bits per heavy atom. The summed E-state index contributed by atoms with van der Waals surface area (Å²) in [5.74, 6) is 0. The number of fused-ring (bicyclic) bond motifs is 3. The fraction of sp³-hybridized carbons (Fsp3) is 0.478. The van der Waals surface area contributed by atoms with E-state index in [1.54, 1.807) is 28.8 Å². The molecule has 7 nitrogen and oxygen atoms in total. The van der Waals surface area contributed by atoms with Crippen molar-refractivity contribution in [3.8, 4) is 5.69 Å². The number of benzene rings is 1. The van der Waals surface area contributed by atoms with Crippen molar-refractivity contribution in [2.75, 3.05) is 32.8 Å². The molecule has 0 radical (unpaired) electrons. The highest BCUT2D eigenvalue weighted by atomic mass is 35.5. The van der Waals surface area contributed by atoms with Crippen LogP contribution in [0.5, 0.6) is 0 Å². The molecule has 2 aromatic heterocycles. The van der Waals surface area contributed by atoms with E-state index in [4.69, 9.17) is 21.1 Å². The van der Waals surface area contributed by atoms with E-state index in [1.807, 2.05) is 0 Å². The zero-order chi connectivity index (χ0) is 22.5. The minimum atomic E-state index is -0.344. The fourth-order valence-corrected chi connectivity index (χ4v) is 6.09. The molecule has 1 fully saturated rings. The van der Waals surface area contributed by atoms with Crippen LogP contribution in [0.2, 0.25) is 5.02 Å². The van der Waals surface area contributed by atoms with Gasteiger partial charge >= 0.3 is 5.69 Å². The summed E-state index contributed by atoms with van der Waals surface area (Å²) >= 11 is 7.66. The number of hydrogen-bond acceptors (Lipinski definition) is 6. The van der Waals surface area contributed by atoms with Crippen LogP contribution in [0.4, 0.5) is 0 Å². The van der Waals surface area contributed by atoms with Crippen molar-refractivity contribution in [1.29, 1.82) is 0 Å². The van der Waals surface area contributed by atoms with Gasteiger partial charge in [0.2, 0.25) is 0 Å². The Labute approximate surface area is 194 Å². The van der Waals surface area contributed by atoms with Crippen molar-refractivity contribution in [3.63, 3.8) is 0 Å². The van der Waals surface area contributed by atoms with Crippen LogP contribution in [-0.4, -0.2) is 52.5 Å². The smallest absolute Gasteiger partial charge is 0.336 e. The third kappa shape index (κ3) is 3.95. The zero-order valence-corrected chi connectivity index (χ0v) is 19.8. The largest absolute Gasteiger partial charge is 0.379 e. The lowest BCUT2D eigenvalue weighted by atomic mass is 9.98. The van der Waals surface area contributed by atoms with Gasteiger partial charge in [-0.25, -0.2) is 9.36 Å². The van der Waals surface area contributed by atoms with Gasteiger partial charge in [0.1, 0.15) is 4.70 Å². The first-order valence-electron chi connectivity index (χ1n) is 10.8. The molecule has 0 aliphatic carbocycles. The van der Waals surface area contributed by atoms with Crippen LogP contribution in [0.1, 0.15) is 24.3 Å². The van der Waals surface area contributed by atoms with E-state index in [0.29, 0.717) is 48.3 Å². The number of thiophene rings is 1. The summed E-state index contributed by atoms with van der Waals surface area (Å²) in [4.78, 5) is 30.7. The van der Waals surface area contributed by atoms with Crippen LogP contribution < -0.4 is 11.2 Å². The van der Waals surface area contributed by atoms with Crippen molar-refractivity contribution in [2.45, 2.75) is 39.0 Å². The highest BCUT2D eigenvalue weighted by Crippen LogP contribution is 2.37. The van der Waals surface area contributed by atoms with Gasteiger partial charge in [-0.2, -0.15) is 0 Å². The highest BCUT2D eigenvalue weighted by Gasteiger charge is 2.32. The molecule has 0 amide bonds. The number of aromatic nitrogens is 2. The topological polar surface area (TPSA) is 65.7 Å². The normalized spacial score (nSPS) is 18.7. The summed E-state index contributed by atoms with van der Waals surface area (Å²) in [5, 5.41) is 0.481. The Bertz CT molecular complexity index is 1290. The summed E-state index contributed by atoms with van der Waals surface area (Å²) in [6.07, 6.45) is 0.718. The van der Waals surface area contributed by atoms with E-state index < -0.39 is 0 Å². The van der Waals surface area contributed by atoms with Gasteiger partial charge < -0.3 is 9.47 Å². The minimum Gasteiger partial charge on any atom is -0.379 e. The predicted octanol–water partition coefficient (Wildman–Crippen LogP) is 3.05. The molecule has 3 aromatic rings. The minimum absolute atomic E-state index is 0.293. The Morgan fingerprint density at radius 3 is 2.69 bits per heavy atom. The summed E-state index contributed by atoms with van der Waals surface area (Å²) in [5.41, 5.74) is 1.24. The second kappa shape index (κ2) is 8.43.